The van der Waals surface area contributed by atoms with Crippen molar-refractivity contribution in [3.63, 3.8) is 0 Å². The largest absolute Gasteiger partial charge is 0.507 e. The molecule has 0 fully saturated rings. The summed E-state index contributed by atoms with van der Waals surface area (Å²) in [6, 6.07) is 4.99. The van der Waals surface area contributed by atoms with Crippen LogP contribution < -0.4 is 10.6 Å². The number of rotatable bonds is 6. The Bertz CT molecular complexity index is 486. The minimum Gasteiger partial charge on any atom is -0.507 e. The van der Waals surface area contributed by atoms with Crippen LogP contribution in [-0.2, 0) is 4.79 Å². The number of amides is 2. The molecule has 0 aliphatic rings. The fraction of sp³-hybridized carbons (Fsp3) is 0.467. The standard InChI is InChI=1S/C15H22N2O3/c1-4-11(3)17-14(19)7-8-16-15(20)12-6-5-10(2)9-13(12)18/h5-6,9,11,18H,4,7-8H2,1-3H3,(H,16,20)(H,17,19). The fourth-order valence-corrected chi connectivity index (χ4v) is 1.67. The molecule has 20 heavy (non-hydrogen) atoms. The van der Waals surface area contributed by atoms with E-state index in [-0.39, 0.29) is 42.1 Å². The Hall–Kier alpha value is -2.04. The lowest BCUT2D eigenvalue weighted by atomic mass is 10.1. The van der Waals surface area contributed by atoms with Gasteiger partial charge in [-0.2, -0.15) is 0 Å². The van der Waals surface area contributed by atoms with E-state index >= 15 is 0 Å². The summed E-state index contributed by atoms with van der Waals surface area (Å²) in [4.78, 5) is 23.4. The number of aryl methyl sites for hydroxylation is 1. The van der Waals surface area contributed by atoms with Crippen LogP contribution in [0.5, 0.6) is 5.75 Å². The molecular weight excluding hydrogens is 256 g/mol. The highest BCUT2D eigenvalue weighted by atomic mass is 16.3. The molecule has 0 saturated heterocycles. The molecule has 1 aromatic carbocycles. The lowest BCUT2D eigenvalue weighted by Crippen LogP contribution is -2.35. The monoisotopic (exact) mass is 278 g/mol. The minimum atomic E-state index is -0.376. The van der Waals surface area contributed by atoms with E-state index < -0.39 is 0 Å². The van der Waals surface area contributed by atoms with Crippen LogP contribution in [0.2, 0.25) is 0 Å². The quantitative estimate of drug-likeness (QED) is 0.741. The van der Waals surface area contributed by atoms with Crippen molar-refractivity contribution in [1.82, 2.24) is 10.6 Å². The summed E-state index contributed by atoms with van der Waals surface area (Å²) < 4.78 is 0. The number of phenolic OH excluding ortho intramolecular Hbond substituents is 1. The van der Waals surface area contributed by atoms with Gasteiger partial charge in [-0.25, -0.2) is 0 Å². The van der Waals surface area contributed by atoms with Gasteiger partial charge in [0.25, 0.3) is 5.91 Å². The summed E-state index contributed by atoms with van der Waals surface area (Å²) in [5.74, 6) is -0.516. The summed E-state index contributed by atoms with van der Waals surface area (Å²) in [7, 11) is 0. The summed E-state index contributed by atoms with van der Waals surface area (Å²) >= 11 is 0. The van der Waals surface area contributed by atoms with Crippen molar-refractivity contribution in [2.24, 2.45) is 0 Å². The molecule has 0 aliphatic carbocycles. The minimum absolute atomic E-state index is 0.0495. The van der Waals surface area contributed by atoms with Crippen molar-refractivity contribution in [3.05, 3.63) is 29.3 Å². The van der Waals surface area contributed by atoms with Crippen LogP contribution in [0, 0.1) is 6.92 Å². The molecule has 0 saturated carbocycles. The number of nitrogens with one attached hydrogen (secondary N) is 2. The number of benzene rings is 1. The molecule has 3 N–H and O–H groups in total. The van der Waals surface area contributed by atoms with E-state index in [1.165, 1.54) is 6.07 Å². The molecule has 1 unspecified atom stereocenters. The molecule has 1 atom stereocenters. The summed E-state index contributed by atoms with van der Waals surface area (Å²) in [6.45, 7) is 6.00. The Morgan fingerprint density at radius 2 is 2.05 bits per heavy atom. The molecule has 0 aliphatic heterocycles. The third-order valence-electron chi connectivity index (χ3n) is 3.06. The van der Waals surface area contributed by atoms with E-state index in [1.54, 1.807) is 12.1 Å². The first-order chi connectivity index (χ1) is 9.43. The second kappa shape index (κ2) is 7.53. The van der Waals surface area contributed by atoms with E-state index in [2.05, 4.69) is 10.6 Å². The van der Waals surface area contributed by atoms with Crippen LogP contribution in [-0.4, -0.2) is 29.5 Å². The summed E-state index contributed by atoms with van der Waals surface area (Å²) in [5, 5.41) is 15.1. The topological polar surface area (TPSA) is 78.4 Å². The zero-order valence-electron chi connectivity index (χ0n) is 12.2. The zero-order valence-corrected chi connectivity index (χ0v) is 12.2. The lowest BCUT2D eigenvalue weighted by molar-refractivity contribution is -0.121. The predicted molar refractivity (Wildman–Crippen MR) is 77.7 cm³/mol. The third kappa shape index (κ3) is 4.91. The van der Waals surface area contributed by atoms with Crippen molar-refractivity contribution in [3.8, 4) is 5.75 Å². The number of hydrogen-bond acceptors (Lipinski definition) is 3. The van der Waals surface area contributed by atoms with Crippen LogP contribution in [0.3, 0.4) is 0 Å². The highest BCUT2D eigenvalue weighted by molar-refractivity contribution is 5.97. The molecule has 1 aromatic rings. The van der Waals surface area contributed by atoms with Crippen LogP contribution in [0.15, 0.2) is 18.2 Å². The van der Waals surface area contributed by atoms with Gasteiger partial charge in [0.15, 0.2) is 0 Å². The SMILES string of the molecule is CCC(C)NC(=O)CCNC(=O)c1ccc(C)cc1O. The van der Waals surface area contributed by atoms with E-state index in [4.69, 9.17) is 0 Å². The molecule has 1 rings (SSSR count). The van der Waals surface area contributed by atoms with Crippen molar-refractivity contribution >= 4 is 11.8 Å². The molecular formula is C15H22N2O3. The Kier molecular flexibility index (Phi) is 6.03. The first-order valence-electron chi connectivity index (χ1n) is 6.81. The number of carbonyl (C=O) groups excluding carboxylic acids is 2. The third-order valence-corrected chi connectivity index (χ3v) is 3.06. The molecule has 5 nitrogen and oxygen atoms in total. The molecule has 110 valence electrons. The first kappa shape index (κ1) is 16.0. The normalized spacial score (nSPS) is 11.8. The number of aromatic hydroxyl groups is 1. The van der Waals surface area contributed by atoms with Crippen LogP contribution in [0.4, 0.5) is 0 Å². The Morgan fingerprint density at radius 1 is 1.35 bits per heavy atom. The second-order valence-corrected chi connectivity index (χ2v) is 4.90. The van der Waals surface area contributed by atoms with Gasteiger partial charge in [0.2, 0.25) is 5.91 Å². The van der Waals surface area contributed by atoms with Gasteiger partial charge in [-0.1, -0.05) is 13.0 Å². The van der Waals surface area contributed by atoms with E-state index in [9.17, 15) is 14.7 Å². The summed E-state index contributed by atoms with van der Waals surface area (Å²) in [5.41, 5.74) is 1.10. The van der Waals surface area contributed by atoms with Gasteiger partial charge in [0.05, 0.1) is 5.56 Å². The average molecular weight is 278 g/mol. The predicted octanol–water partition coefficient (Wildman–Crippen LogP) is 1.74. The van der Waals surface area contributed by atoms with E-state index in [0.717, 1.165) is 12.0 Å². The highest BCUT2D eigenvalue weighted by Gasteiger charge is 2.11. The van der Waals surface area contributed by atoms with Gasteiger partial charge >= 0.3 is 0 Å². The Balaban J connectivity index is 2.42. The maximum atomic E-state index is 11.8. The molecule has 0 aromatic heterocycles. The molecule has 0 spiro atoms. The van der Waals surface area contributed by atoms with Gasteiger partial charge in [0.1, 0.15) is 5.75 Å². The van der Waals surface area contributed by atoms with Crippen molar-refractivity contribution in [1.29, 1.82) is 0 Å². The van der Waals surface area contributed by atoms with Crippen LogP contribution in [0.1, 0.15) is 42.6 Å². The number of hydrogen-bond donors (Lipinski definition) is 3. The van der Waals surface area contributed by atoms with Gasteiger partial charge in [-0.05, 0) is 38.0 Å². The second-order valence-electron chi connectivity index (χ2n) is 4.90. The first-order valence-corrected chi connectivity index (χ1v) is 6.81. The molecule has 2 amide bonds. The van der Waals surface area contributed by atoms with Gasteiger partial charge in [-0.3, -0.25) is 9.59 Å². The fourth-order valence-electron chi connectivity index (χ4n) is 1.67. The van der Waals surface area contributed by atoms with Gasteiger partial charge in [0, 0.05) is 19.0 Å². The summed E-state index contributed by atoms with van der Waals surface area (Å²) in [6.07, 6.45) is 1.10. The molecule has 0 heterocycles. The molecule has 0 radical (unpaired) electrons. The highest BCUT2D eigenvalue weighted by Crippen LogP contribution is 2.17. The van der Waals surface area contributed by atoms with Crippen molar-refractivity contribution in [2.75, 3.05) is 6.54 Å². The maximum Gasteiger partial charge on any atom is 0.255 e. The van der Waals surface area contributed by atoms with E-state index in [1.807, 2.05) is 20.8 Å². The van der Waals surface area contributed by atoms with Gasteiger partial charge < -0.3 is 15.7 Å². The zero-order chi connectivity index (χ0) is 15.1. The molecule has 0 bridgehead atoms. The van der Waals surface area contributed by atoms with Gasteiger partial charge in [-0.15, -0.1) is 0 Å². The average Bonchev–Trinajstić information content (AvgIpc) is 2.38. The van der Waals surface area contributed by atoms with Crippen molar-refractivity contribution in [2.45, 2.75) is 39.7 Å². The van der Waals surface area contributed by atoms with Crippen LogP contribution >= 0.6 is 0 Å². The van der Waals surface area contributed by atoms with E-state index in [0.29, 0.717) is 0 Å². The van der Waals surface area contributed by atoms with Crippen molar-refractivity contribution < 1.29 is 14.7 Å². The van der Waals surface area contributed by atoms with Crippen LogP contribution in [0.25, 0.3) is 0 Å². The Labute approximate surface area is 119 Å². The Morgan fingerprint density at radius 3 is 2.65 bits per heavy atom. The molecule has 5 heteroatoms. The lowest BCUT2D eigenvalue weighted by Gasteiger charge is -2.11. The smallest absolute Gasteiger partial charge is 0.255 e. The number of phenols is 1. The number of carbonyl (C=O) groups is 2. The maximum absolute atomic E-state index is 11.8.